The Labute approximate surface area is 172 Å². The molecular weight excluding hydrogens is 416 g/mol. The highest BCUT2D eigenvalue weighted by atomic mass is 35.5. The first kappa shape index (κ1) is 20.4. The summed E-state index contributed by atoms with van der Waals surface area (Å²) in [5.74, 6) is -1.67. The number of para-hydroxylation sites is 1. The van der Waals surface area contributed by atoms with E-state index in [2.05, 4.69) is 10.0 Å². The van der Waals surface area contributed by atoms with Gasteiger partial charge in [0.05, 0.1) is 15.5 Å². The molecule has 0 saturated heterocycles. The Morgan fingerprint density at radius 1 is 0.862 bits per heavy atom. The van der Waals surface area contributed by atoms with Crippen LogP contribution in [0.3, 0.4) is 0 Å². The maximum absolute atomic E-state index is 12.5. The number of aromatic carboxylic acids is 1. The summed E-state index contributed by atoms with van der Waals surface area (Å²) in [6.45, 7) is 0. The van der Waals surface area contributed by atoms with Gasteiger partial charge in [0, 0.05) is 16.9 Å². The first-order valence-electron chi connectivity index (χ1n) is 8.28. The van der Waals surface area contributed by atoms with Gasteiger partial charge in [-0.25, -0.2) is 13.2 Å². The maximum Gasteiger partial charge on any atom is 0.337 e. The van der Waals surface area contributed by atoms with E-state index in [9.17, 15) is 18.0 Å². The normalized spacial score (nSPS) is 10.9. The highest BCUT2D eigenvalue weighted by Crippen LogP contribution is 2.23. The average Bonchev–Trinajstić information content (AvgIpc) is 2.69. The zero-order chi connectivity index (χ0) is 21.0. The Morgan fingerprint density at radius 2 is 1.52 bits per heavy atom. The molecule has 0 fully saturated rings. The van der Waals surface area contributed by atoms with Gasteiger partial charge in [-0.2, -0.15) is 0 Å². The number of carbonyl (C=O) groups is 2. The summed E-state index contributed by atoms with van der Waals surface area (Å²) >= 11 is 5.77. The highest BCUT2D eigenvalue weighted by Gasteiger charge is 2.19. The lowest BCUT2D eigenvalue weighted by molar-refractivity contribution is 0.0696. The van der Waals surface area contributed by atoms with E-state index in [4.69, 9.17) is 16.7 Å². The number of halogens is 1. The molecule has 0 aliphatic carbocycles. The fourth-order valence-corrected chi connectivity index (χ4v) is 3.75. The van der Waals surface area contributed by atoms with Crippen molar-refractivity contribution in [2.75, 3.05) is 10.0 Å². The largest absolute Gasteiger partial charge is 0.478 e. The summed E-state index contributed by atoms with van der Waals surface area (Å²) in [5.41, 5.74) is 0.881. The number of amides is 1. The number of carboxylic acid groups (broad SMARTS) is 1. The van der Waals surface area contributed by atoms with Gasteiger partial charge in [-0.3, -0.25) is 9.52 Å². The highest BCUT2D eigenvalue weighted by molar-refractivity contribution is 7.92. The predicted octanol–water partition coefficient (Wildman–Crippen LogP) is 4.09. The number of hydrogen-bond acceptors (Lipinski definition) is 4. The molecule has 0 radical (unpaired) electrons. The summed E-state index contributed by atoms with van der Waals surface area (Å²) in [6, 6.07) is 18.1. The lowest BCUT2D eigenvalue weighted by Gasteiger charge is -2.10. The van der Waals surface area contributed by atoms with Gasteiger partial charge in [-0.05, 0) is 54.6 Å². The molecule has 3 N–H and O–H groups in total. The number of hydrogen-bond donors (Lipinski definition) is 3. The minimum Gasteiger partial charge on any atom is -0.478 e. The third kappa shape index (κ3) is 4.92. The molecule has 0 aromatic heterocycles. The van der Waals surface area contributed by atoms with E-state index < -0.39 is 16.0 Å². The van der Waals surface area contributed by atoms with Crippen LogP contribution in [0.15, 0.2) is 77.7 Å². The van der Waals surface area contributed by atoms with Gasteiger partial charge in [0.1, 0.15) is 0 Å². The van der Waals surface area contributed by atoms with Gasteiger partial charge in [0.15, 0.2) is 0 Å². The van der Waals surface area contributed by atoms with Gasteiger partial charge in [-0.15, -0.1) is 0 Å². The van der Waals surface area contributed by atoms with Gasteiger partial charge >= 0.3 is 5.97 Å². The van der Waals surface area contributed by atoms with Crippen LogP contribution >= 0.6 is 11.6 Å². The van der Waals surface area contributed by atoms with Gasteiger partial charge < -0.3 is 10.4 Å². The monoisotopic (exact) mass is 430 g/mol. The van der Waals surface area contributed by atoms with E-state index in [0.717, 1.165) is 6.07 Å². The van der Waals surface area contributed by atoms with Crippen molar-refractivity contribution >= 4 is 44.9 Å². The smallest absolute Gasteiger partial charge is 0.337 e. The van der Waals surface area contributed by atoms with Crippen molar-refractivity contribution in [1.29, 1.82) is 0 Å². The molecule has 3 aromatic carbocycles. The lowest BCUT2D eigenvalue weighted by atomic mass is 10.2. The minimum atomic E-state index is -4.04. The number of anilines is 2. The Morgan fingerprint density at radius 3 is 2.14 bits per heavy atom. The van der Waals surface area contributed by atoms with Gasteiger partial charge in [0.2, 0.25) is 0 Å². The van der Waals surface area contributed by atoms with E-state index in [0.29, 0.717) is 11.3 Å². The molecule has 7 nitrogen and oxygen atoms in total. The van der Waals surface area contributed by atoms with Crippen molar-refractivity contribution in [3.05, 3.63) is 88.9 Å². The molecule has 0 aliphatic rings. The van der Waals surface area contributed by atoms with Gasteiger partial charge in [-0.1, -0.05) is 29.8 Å². The molecule has 3 aromatic rings. The molecule has 0 heterocycles. The summed E-state index contributed by atoms with van der Waals surface area (Å²) in [4.78, 5) is 23.2. The first-order valence-corrected chi connectivity index (χ1v) is 10.1. The molecule has 9 heteroatoms. The van der Waals surface area contributed by atoms with E-state index >= 15 is 0 Å². The molecule has 0 atom stereocenters. The predicted molar refractivity (Wildman–Crippen MR) is 110 cm³/mol. The summed E-state index contributed by atoms with van der Waals surface area (Å²) in [7, 11) is -4.04. The van der Waals surface area contributed by atoms with Crippen LogP contribution in [-0.2, 0) is 10.0 Å². The molecule has 29 heavy (non-hydrogen) atoms. The molecule has 0 aliphatic heterocycles. The molecule has 0 unspecified atom stereocenters. The van der Waals surface area contributed by atoms with E-state index in [-0.39, 0.29) is 27.1 Å². The Hall–Kier alpha value is -3.36. The van der Waals surface area contributed by atoms with Gasteiger partial charge in [0.25, 0.3) is 15.9 Å². The van der Waals surface area contributed by atoms with E-state index in [1.54, 1.807) is 24.3 Å². The number of rotatable bonds is 6. The van der Waals surface area contributed by atoms with Crippen molar-refractivity contribution < 1.29 is 23.1 Å². The van der Waals surface area contributed by atoms with Crippen LogP contribution in [0.4, 0.5) is 11.4 Å². The fourth-order valence-electron chi connectivity index (χ4n) is 2.46. The minimum absolute atomic E-state index is 0.0646. The summed E-state index contributed by atoms with van der Waals surface area (Å²) < 4.78 is 27.4. The fraction of sp³-hybridized carbons (Fsp3) is 0. The summed E-state index contributed by atoms with van der Waals surface area (Å²) in [5, 5.41) is 11.8. The third-order valence-electron chi connectivity index (χ3n) is 3.91. The van der Waals surface area contributed by atoms with Crippen LogP contribution in [0.5, 0.6) is 0 Å². The standard InChI is InChI=1S/C20H15ClN2O5S/c21-18-11-10-16(12-17(18)20(25)26)29(27,28)23-15-8-6-13(7-9-15)19(24)22-14-4-2-1-3-5-14/h1-12,23H,(H,22,24)(H,25,26). The SMILES string of the molecule is O=C(Nc1ccccc1)c1ccc(NS(=O)(=O)c2ccc(Cl)c(C(=O)O)c2)cc1. The average molecular weight is 431 g/mol. The third-order valence-corrected chi connectivity index (χ3v) is 5.62. The molecule has 1 amide bonds. The Kier molecular flexibility index (Phi) is 5.86. The van der Waals surface area contributed by atoms with Crippen LogP contribution in [0.2, 0.25) is 5.02 Å². The van der Waals surface area contributed by atoms with Crippen molar-refractivity contribution in [3.63, 3.8) is 0 Å². The van der Waals surface area contributed by atoms with Crippen LogP contribution in [0, 0.1) is 0 Å². The second-order valence-electron chi connectivity index (χ2n) is 5.95. The molecule has 0 saturated carbocycles. The zero-order valence-corrected chi connectivity index (χ0v) is 16.4. The number of sulfonamides is 1. The van der Waals surface area contributed by atoms with Crippen LogP contribution < -0.4 is 10.0 Å². The Bertz CT molecular complexity index is 1160. The first-order chi connectivity index (χ1) is 13.8. The van der Waals surface area contributed by atoms with Crippen LogP contribution in [0.1, 0.15) is 20.7 Å². The topological polar surface area (TPSA) is 113 Å². The van der Waals surface area contributed by atoms with E-state index in [1.807, 2.05) is 6.07 Å². The van der Waals surface area contributed by atoms with Crippen LogP contribution in [-0.4, -0.2) is 25.4 Å². The molecule has 3 rings (SSSR count). The maximum atomic E-state index is 12.5. The molecule has 0 bridgehead atoms. The lowest BCUT2D eigenvalue weighted by Crippen LogP contribution is -2.15. The molecular formula is C20H15ClN2O5S. The number of benzene rings is 3. The second-order valence-corrected chi connectivity index (χ2v) is 8.04. The Balaban J connectivity index is 1.76. The van der Waals surface area contributed by atoms with Crippen molar-refractivity contribution in [2.45, 2.75) is 4.90 Å². The molecule has 148 valence electrons. The number of carbonyl (C=O) groups excluding carboxylic acids is 1. The quantitative estimate of drug-likeness (QED) is 0.545. The number of nitrogens with one attached hydrogen (secondary N) is 2. The summed E-state index contributed by atoms with van der Waals surface area (Å²) in [6.07, 6.45) is 0. The zero-order valence-electron chi connectivity index (χ0n) is 14.8. The van der Waals surface area contributed by atoms with Crippen molar-refractivity contribution in [2.24, 2.45) is 0 Å². The van der Waals surface area contributed by atoms with Crippen molar-refractivity contribution in [3.8, 4) is 0 Å². The molecule has 0 spiro atoms. The van der Waals surface area contributed by atoms with E-state index in [1.165, 1.54) is 36.4 Å². The second kappa shape index (κ2) is 8.34. The number of carboxylic acids is 1. The van der Waals surface area contributed by atoms with Crippen LogP contribution in [0.25, 0.3) is 0 Å². The van der Waals surface area contributed by atoms with Crippen molar-refractivity contribution in [1.82, 2.24) is 0 Å².